The van der Waals surface area contributed by atoms with Crippen molar-refractivity contribution in [3.8, 4) is 11.5 Å². The molecule has 2 aromatic heterocycles. The fourth-order valence-corrected chi connectivity index (χ4v) is 4.09. The number of carbonyl (C=O) groups is 1. The van der Waals surface area contributed by atoms with Gasteiger partial charge in [0, 0.05) is 28.8 Å². The van der Waals surface area contributed by atoms with Crippen LogP contribution in [0.3, 0.4) is 0 Å². The zero-order chi connectivity index (χ0) is 19.1. The number of thiazole rings is 1. The number of fused-ring (bicyclic) bond motifs is 3. The average Bonchev–Trinajstić information content (AvgIpc) is 3.19. The lowest BCUT2D eigenvalue weighted by molar-refractivity contribution is -0.146. The Morgan fingerprint density at radius 2 is 1.79 bits per heavy atom. The number of ether oxygens (including phenoxy) is 2. The molecule has 1 aliphatic heterocycles. The van der Waals surface area contributed by atoms with Crippen LogP contribution in [0.4, 0.5) is 0 Å². The highest BCUT2D eigenvalue weighted by Crippen LogP contribution is 2.44. The van der Waals surface area contributed by atoms with E-state index in [-0.39, 0.29) is 12.2 Å². The summed E-state index contributed by atoms with van der Waals surface area (Å²) in [6, 6.07) is 16.2. The Kier molecular flexibility index (Phi) is 3.95. The number of aromatic nitrogens is 2. The number of para-hydroxylation sites is 2. The summed E-state index contributed by atoms with van der Waals surface area (Å²) in [5.74, 6) is 0.281. The van der Waals surface area contributed by atoms with Gasteiger partial charge in [0.1, 0.15) is 24.0 Å². The highest BCUT2D eigenvalue weighted by Gasteiger charge is 2.33. The second-order valence-electron chi connectivity index (χ2n) is 6.36. The third-order valence-electron chi connectivity index (χ3n) is 4.63. The molecule has 7 heteroatoms. The fourth-order valence-electron chi connectivity index (χ4n) is 3.35. The van der Waals surface area contributed by atoms with Gasteiger partial charge >= 0.3 is 5.97 Å². The van der Waals surface area contributed by atoms with E-state index in [0.29, 0.717) is 22.2 Å². The summed E-state index contributed by atoms with van der Waals surface area (Å²) in [6.07, 6.45) is 1.67. The van der Waals surface area contributed by atoms with Crippen molar-refractivity contribution >= 4 is 22.3 Å². The molecular formula is C21H14N2O4S. The lowest BCUT2D eigenvalue weighted by Crippen LogP contribution is -2.22. The van der Waals surface area contributed by atoms with Crippen molar-refractivity contribution in [3.63, 3.8) is 0 Å². The van der Waals surface area contributed by atoms with Crippen LogP contribution in [0.15, 0.2) is 71.0 Å². The van der Waals surface area contributed by atoms with Crippen LogP contribution in [0.2, 0.25) is 0 Å². The fraction of sp³-hybridized carbons (Fsp3) is 0.0952. The van der Waals surface area contributed by atoms with Crippen LogP contribution in [0.1, 0.15) is 22.7 Å². The maximum absolute atomic E-state index is 13.0. The Morgan fingerprint density at radius 1 is 1.11 bits per heavy atom. The molecule has 3 heterocycles. The molecule has 0 saturated carbocycles. The summed E-state index contributed by atoms with van der Waals surface area (Å²) in [6.45, 7) is -0.0653. The predicted octanol–water partition coefficient (Wildman–Crippen LogP) is 3.74. The van der Waals surface area contributed by atoms with E-state index in [4.69, 9.17) is 9.47 Å². The van der Waals surface area contributed by atoms with Gasteiger partial charge < -0.3 is 9.47 Å². The molecule has 0 aliphatic carbocycles. The van der Waals surface area contributed by atoms with Gasteiger partial charge in [0.05, 0.1) is 5.69 Å². The standard InChI is InChI=1S/C21H14N2O4S/c24-18-11-13(22-21-23(18)9-10-28-21)12-26-20(25)19-14-5-1-3-7-16(14)27-17-8-4-2-6-15(17)19/h1-11,19H,12H2. The number of carbonyl (C=O) groups excluding carboxylic acids is 1. The third kappa shape index (κ3) is 2.76. The van der Waals surface area contributed by atoms with Gasteiger partial charge in [-0.25, -0.2) is 4.98 Å². The molecule has 138 valence electrons. The minimum absolute atomic E-state index is 0.0653. The predicted molar refractivity (Wildman–Crippen MR) is 104 cm³/mol. The molecule has 6 nitrogen and oxygen atoms in total. The summed E-state index contributed by atoms with van der Waals surface area (Å²) in [4.78, 5) is 30.1. The molecule has 5 rings (SSSR count). The number of hydrogen-bond acceptors (Lipinski definition) is 6. The molecule has 0 amide bonds. The van der Waals surface area contributed by atoms with Gasteiger partial charge in [-0.3, -0.25) is 14.0 Å². The first-order valence-electron chi connectivity index (χ1n) is 8.69. The second kappa shape index (κ2) is 6.61. The number of esters is 1. The first-order chi connectivity index (χ1) is 13.7. The minimum Gasteiger partial charge on any atom is -0.458 e. The van der Waals surface area contributed by atoms with E-state index in [1.165, 1.54) is 21.8 Å². The van der Waals surface area contributed by atoms with Crippen molar-refractivity contribution in [2.24, 2.45) is 0 Å². The molecule has 0 radical (unpaired) electrons. The molecule has 0 bridgehead atoms. The van der Waals surface area contributed by atoms with E-state index < -0.39 is 11.9 Å². The lowest BCUT2D eigenvalue weighted by atomic mass is 9.88. The maximum atomic E-state index is 13.0. The molecule has 4 aromatic rings. The van der Waals surface area contributed by atoms with Crippen molar-refractivity contribution in [1.29, 1.82) is 0 Å². The Hall–Kier alpha value is -3.45. The van der Waals surface area contributed by atoms with E-state index >= 15 is 0 Å². The SMILES string of the molecule is O=C(OCc1cc(=O)n2ccsc2n1)C1c2ccccc2Oc2ccccc21. The van der Waals surface area contributed by atoms with Crippen molar-refractivity contribution in [1.82, 2.24) is 9.38 Å². The van der Waals surface area contributed by atoms with Crippen molar-refractivity contribution < 1.29 is 14.3 Å². The molecule has 0 spiro atoms. The topological polar surface area (TPSA) is 69.9 Å². The van der Waals surface area contributed by atoms with E-state index in [1.807, 2.05) is 48.5 Å². The Morgan fingerprint density at radius 3 is 2.50 bits per heavy atom. The third-order valence-corrected chi connectivity index (χ3v) is 5.39. The van der Waals surface area contributed by atoms with Gasteiger partial charge in [-0.05, 0) is 12.1 Å². The van der Waals surface area contributed by atoms with Gasteiger partial charge in [-0.2, -0.15) is 0 Å². The van der Waals surface area contributed by atoms with Crippen LogP contribution >= 0.6 is 11.3 Å². The molecule has 28 heavy (non-hydrogen) atoms. The van der Waals surface area contributed by atoms with E-state index in [0.717, 1.165) is 11.1 Å². The summed E-state index contributed by atoms with van der Waals surface area (Å²) >= 11 is 1.35. The maximum Gasteiger partial charge on any atom is 0.318 e. The Labute approximate surface area is 163 Å². The van der Waals surface area contributed by atoms with Gasteiger partial charge in [0.2, 0.25) is 0 Å². The summed E-state index contributed by atoms with van der Waals surface area (Å²) < 4.78 is 12.9. The molecule has 1 aliphatic rings. The molecular weight excluding hydrogens is 376 g/mol. The molecule has 0 unspecified atom stereocenters. The smallest absolute Gasteiger partial charge is 0.318 e. The van der Waals surface area contributed by atoms with Gasteiger partial charge in [0.15, 0.2) is 4.96 Å². The summed E-state index contributed by atoms with van der Waals surface area (Å²) in [7, 11) is 0. The van der Waals surface area contributed by atoms with Crippen LogP contribution in [0, 0.1) is 0 Å². The molecule has 2 aromatic carbocycles. The molecule has 0 atom stereocenters. The average molecular weight is 390 g/mol. The molecule has 0 fully saturated rings. The molecule has 0 saturated heterocycles. The number of benzene rings is 2. The lowest BCUT2D eigenvalue weighted by Gasteiger charge is -2.26. The molecule has 0 N–H and O–H groups in total. The zero-order valence-electron chi connectivity index (χ0n) is 14.6. The van der Waals surface area contributed by atoms with Crippen molar-refractivity contribution in [2.75, 3.05) is 0 Å². The monoisotopic (exact) mass is 390 g/mol. The highest BCUT2D eigenvalue weighted by atomic mass is 32.1. The zero-order valence-corrected chi connectivity index (χ0v) is 15.4. The van der Waals surface area contributed by atoms with Gasteiger partial charge in [-0.1, -0.05) is 36.4 Å². The summed E-state index contributed by atoms with van der Waals surface area (Å²) in [5.41, 5.74) is 1.74. The first-order valence-corrected chi connectivity index (χ1v) is 9.57. The highest BCUT2D eigenvalue weighted by molar-refractivity contribution is 7.15. The number of rotatable bonds is 3. The quantitative estimate of drug-likeness (QED) is 0.499. The second-order valence-corrected chi connectivity index (χ2v) is 7.23. The van der Waals surface area contributed by atoms with Crippen LogP contribution in [0.25, 0.3) is 4.96 Å². The van der Waals surface area contributed by atoms with E-state index in [1.54, 1.807) is 11.6 Å². The van der Waals surface area contributed by atoms with E-state index in [2.05, 4.69) is 4.98 Å². The van der Waals surface area contributed by atoms with Gasteiger partial charge in [-0.15, -0.1) is 11.3 Å². The summed E-state index contributed by atoms with van der Waals surface area (Å²) in [5, 5.41) is 1.79. The number of hydrogen-bond donors (Lipinski definition) is 0. The first kappa shape index (κ1) is 16.7. The largest absolute Gasteiger partial charge is 0.458 e. The Bertz CT molecular complexity index is 1210. The number of nitrogens with zero attached hydrogens (tertiary/aromatic N) is 2. The van der Waals surface area contributed by atoms with Crippen molar-refractivity contribution in [2.45, 2.75) is 12.5 Å². The van der Waals surface area contributed by atoms with Crippen molar-refractivity contribution in [3.05, 3.63) is 93.3 Å². The van der Waals surface area contributed by atoms with Gasteiger partial charge in [0.25, 0.3) is 5.56 Å². The Balaban J connectivity index is 1.46. The van der Waals surface area contributed by atoms with E-state index in [9.17, 15) is 9.59 Å². The van der Waals surface area contributed by atoms with Crippen LogP contribution < -0.4 is 10.3 Å². The van der Waals surface area contributed by atoms with Crippen LogP contribution in [-0.2, 0) is 16.1 Å². The normalized spacial score (nSPS) is 12.9. The van der Waals surface area contributed by atoms with Crippen LogP contribution in [0.5, 0.6) is 11.5 Å². The van der Waals surface area contributed by atoms with Crippen LogP contribution in [-0.4, -0.2) is 15.4 Å². The minimum atomic E-state index is -0.590.